The number of aliphatic hydroxyl groups is 4. The summed E-state index contributed by atoms with van der Waals surface area (Å²) in [6, 6.07) is 6.55. The molecule has 9 heteroatoms. The molecule has 0 spiro atoms. The molecule has 2 aromatic rings. The highest BCUT2D eigenvalue weighted by molar-refractivity contribution is 6.02. The molecule has 6 N–H and O–H groups in total. The predicted molar refractivity (Wildman–Crippen MR) is 89.4 cm³/mol. The molecule has 140 valence electrons. The summed E-state index contributed by atoms with van der Waals surface area (Å²) >= 11 is 0. The minimum atomic E-state index is -1.61. The van der Waals surface area contributed by atoms with Crippen LogP contribution in [0.3, 0.4) is 0 Å². The summed E-state index contributed by atoms with van der Waals surface area (Å²) in [6.45, 7) is 1.14. The van der Waals surface area contributed by atoms with Gasteiger partial charge in [-0.15, -0.1) is 0 Å². The smallest absolute Gasteiger partial charge is 0.257 e. The number of hydrogen-bond acceptors (Lipinski definition) is 8. The molecule has 0 saturated carbocycles. The molecule has 1 aliphatic heterocycles. The number of carbonyl (C=O) groups is 1. The summed E-state index contributed by atoms with van der Waals surface area (Å²) in [4.78, 5) is 16.7. The monoisotopic (exact) mass is 364 g/mol. The van der Waals surface area contributed by atoms with E-state index in [2.05, 4.69) is 10.3 Å². The number of aromatic hydroxyl groups is 1. The van der Waals surface area contributed by atoms with E-state index in [1.54, 1.807) is 25.1 Å². The largest absolute Gasteiger partial charge is 0.505 e. The third-order valence-corrected chi connectivity index (χ3v) is 4.38. The molecule has 1 saturated heterocycles. The van der Waals surface area contributed by atoms with Gasteiger partial charge in [0.1, 0.15) is 29.9 Å². The van der Waals surface area contributed by atoms with Crippen molar-refractivity contribution in [3.8, 4) is 5.75 Å². The average Bonchev–Trinajstić information content (AvgIpc) is 2.62. The van der Waals surface area contributed by atoms with Gasteiger partial charge in [-0.1, -0.05) is 12.1 Å². The highest BCUT2D eigenvalue weighted by Crippen LogP contribution is 2.28. The zero-order valence-electron chi connectivity index (χ0n) is 13.9. The highest BCUT2D eigenvalue weighted by Gasteiger charge is 2.44. The second-order valence-electron chi connectivity index (χ2n) is 6.21. The maximum atomic E-state index is 12.5. The van der Waals surface area contributed by atoms with Crippen molar-refractivity contribution in [3.05, 3.63) is 35.5 Å². The Morgan fingerprint density at radius 1 is 1.15 bits per heavy atom. The molecular weight excluding hydrogens is 344 g/mol. The molecule has 1 aromatic carbocycles. The van der Waals surface area contributed by atoms with Gasteiger partial charge < -0.3 is 35.6 Å². The normalized spacial score (nSPS) is 28.9. The first-order chi connectivity index (χ1) is 12.3. The number of rotatable bonds is 3. The van der Waals surface area contributed by atoms with E-state index in [1.807, 2.05) is 0 Å². The number of fused-ring (bicyclic) bond motifs is 1. The Hall–Kier alpha value is -2.30. The van der Waals surface area contributed by atoms with Crippen LogP contribution in [0.15, 0.2) is 24.3 Å². The van der Waals surface area contributed by atoms with Gasteiger partial charge in [-0.25, -0.2) is 4.98 Å². The number of carbonyl (C=O) groups excluding carboxylic acids is 1. The first-order valence-corrected chi connectivity index (χ1v) is 8.04. The number of phenolic OH excluding ortho intramolecular Hbond substituents is 1. The van der Waals surface area contributed by atoms with Gasteiger partial charge in [-0.3, -0.25) is 4.79 Å². The van der Waals surface area contributed by atoms with E-state index in [4.69, 9.17) is 4.74 Å². The Balaban J connectivity index is 1.86. The van der Waals surface area contributed by atoms with E-state index in [-0.39, 0.29) is 16.8 Å². The topological polar surface area (TPSA) is 152 Å². The fourth-order valence-corrected chi connectivity index (χ4v) is 2.88. The summed E-state index contributed by atoms with van der Waals surface area (Å²) in [5, 5.41) is 52.1. The molecule has 1 aliphatic rings. The second kappa shape index (κ2) is 7.14. The molecule has 5 atom stereocenters. The van der Waals surface area contributed by atoms with E-state index in [1.165, 1.54) is 6.07 Å². The van der Waals surface area contributed by atoms with Crippen molar-refractivity contribution in [2.45, 2.75) is 37.6 Å². The molecule has 26 heavy (non-hydrogen) atoms. The Morgan fingerprint density at radius 3 is 2.54 bits per heavy atom. The van der Waals surface area contributed by atoms with Gasteiger partial charge in [0, 0.05) is 11.1 Å². The maximum Gasteiger partial charge on any atom is 0.257 e. The Kier molecular flexibility index (Phi) is 5.08. The molecule has 2 heterocycles. The lowest BCUT2D eigenvalue weighted by atomic mass is 9.98. The van der Waals surface area contributed by atoms with Gasteiger partial charge in [-0.2, -0.15) is 0 Å². The van der Waals surface area contributed by atoms with Crippen LogP contribution in [0.25, 0.3) is 10.9 Å². The molecule has 9 nitrogen and oxygen atoms in total. The number of nitrogens with one attached hydrogen (secondary N) is 1. The number of benzene rings is 1. The average molecular weight is 364 g/mol. The van der Waals surface area contributed by atoms with Crippen LogP contribution in [-0.2, 0) is 4.74 Å². The van der Waals surface area contributed by atoms with Crippen molar-refractivity contribution in [2.24, 2.45) is 0 Å². The van der Waals surface area contributed by atoms with Gasteiger partial charge in [0.25, 0.3) is 5.91 Å². The molecule has 0 radical (unpaired) electrons. The lowest BCUT2D eigenvalue weighted by Gasteiger charge is -2.40. The van der Waals surface area contributed by atoms with E-state index >= 15 is 0 Å². The molecule has 1 fully saturated rings. The van der Waals surface area contributed by atoms with Crippen LogP contribution in [0.1, 0.15) is 16.1 Å². The standard InChI is InChI=1S/C17H20N2O7/c1-7-2-3-8-4-5-9(12(21)11(8)18-7)16(25)19-17-15(24)14(23)13(22)10(6-20)26-17/h2-5,10,13-15,17,20-24H,6H2,1H3,(H,19,25)/t10-,13-,14+,15-,17-/m1/s1. The zero-order valence-corrected chi connectivity index (χ0v) is 13.9. The zero-order chi connectivity index (χ0) is 19.0. The minimum absolute atomic E-state index is 0.0902. The number of hydrogen-bond donors (Lipinski definition) is 6. The summed E-state index contributed by atoms with van der Waals surface area (Å²) in [5.41, 5.74) is 0.832. The predicted octanol–water partition coefficient (Wildman–Crippen LogP) is -1.22. The third-order valence-electron chi connectivity index (χ3n) is 4.38. The minimum Gasteiger partial charge on any atom is -0.505 e. The number of aromatic nitrogens is 1. The summed E-state index contributed by atoms with van der Waals surface area (Å²) in [5.74, 6) is -1.09. The lowest BCUT2D eigenvalue weighted by molar-refractivity contribution is -0.233. The van der Waals surface area contributed by atoms with Crippen LogP contribution >= 0.6 is 0 Å². The van der Waals surface area contributed by atoms with Gasteiger partial charge in [-0.05, 0) is 19.1 Å². The Bertz CT molecular complexity index is 826. The van der Waals surface area contributed by atoms with E-state index in [9.17, 15) is 30.3 Å². The quantitative estimate of drug-likeness (QED) is 0.396. The number of nitrogens with zero attached hydrogens (tertiary/aromatic N) is 1. The SMILES string of the molecule is Cc1ccc2ccc(C(=O)N[C@@H]3O[C@H](CO)[C@@H](O)[C@H](O)[C@H]3O)c(O)c2n1. The van der Waals surface area contributed by atoms with Crippen molar-refractivity contribution >= 4 is 16.8 Å². The highest BCUT2D eigenvalue weighted by atomic mass is 16.6. The van der Waals surface area contributed by atoms with Gasteiger partial charge in [0.05, 0.1) is 12.2 Å². The van der Waals surface area contributed by atoms with Crippen molar-refractivity contribution < 1.29 is 35.1 Å². The molecule has 0 aliphatic carbocycles. The lowest BCUT2D eigenvalue weighted by Crippen LogP contribution is -2.63. The van der Waals surface area contributed by atoms with Crippen molar-refractivity contribution in [1.82, 2.24) is 10.3 Å². The maximum absolute atomic E-state index is 12.5. The van der Waals surface area contributed by atoms with Crippen LogP contribution in [0.4, 0.5) is 0 Å². The molecule has 3 rings (SSSR count). The van der Waals surface area contributed by atoms with Crippen molar-refractivity contribution in [1.29, 1.82) is 0 Å². The molecule has 1 amide bonds. The van der Waals surface area contributed by atoms with Crippen LogP contribution in [0, 0.1) is 6.92 Å². The Morgan fingerprint density at radius 2 is 1.85 bits per heavy atom. The number of pyridine rings is 1. The number of aryl methyl sites for hydroxylation is 1. The molecular formula is C17H20N2O7. The third kappa shape index (κ3) is 3.22. The van der Waals surface area contributed by atoms with Gasteiger partial charge in [0.15, 0.2) is 12.0 Å². The molecule has 0 bridgehead atoms. The number of phenols is 1. The first-order valence-electron chi connectivity index (χ1n) is 8.04. The first kappa shape index (κ1) is 18.5. The number of amides is 1. The Labute approximate surface area is 148 Å². The second-order valence-corrected chi connectivity index (χ2v) is 6.21. The van der Waals surface area contributed by atoms with E-state index in [0.29, 0.717) is 11.1 Å². The fraction of sp³-hybridized carbons (Fsp3) is 0.412. The van der Waals surface area contributed by atoms with Crippen LogP contribution in [-0.4, -0.2) is 73.7 Å². The van der Waals surface area contributed by atoms with Gasteiger partial charge >= 0.3 is 0 Å². The van der Waals surface area contributed by atoms with Gasteiger partial charge in [0.2, 0.25) is 0 Å². The summed E-state index contributed by atoms with van der Waals surface area (Å²) in [6.07, 6.45) is -7.27. The fourth-order valence-electron chi connectivity index (χ4n) is 2.88. The summed E-state index contributed by atoms with van der Waals surface area (Å²) in [7, 11) is 0. The van der Waals surface area contributed by atoms with Crippen molar-refractivity contribution in [3.63, 3.8) is 0 Å². The van der Waals surface area contributed by atoms with Crippen LogP contribution < -0.4 is 5.32 Å². The number of ether oxygens (including phenoxy) is 1. The van der Waals surface area contributed by atoms with Crippen molar-refractivity contribution in [2.75, 3.05) is 6.61 Å². The molecule has 0 unspecified atom stereocenters. The van der Waals surface area contributed by atoms with Crippen LogP contribution in [0.5, 0.6) is 5.75 Å². The number of aliphatic hydroxyl groups excluding tert-OH is 4. The van der Waals surface area contributed by atoms with E-state index < -0.39 is 43.2 Å². The molecule has 1 aromatic heterocycles. The summed E-state index contributed by atoms with van der Waals surface area (Å²) < 4.78 is 5.23. The van der Waals surface area contributed by atoms with E-state index in [0.717, 1.165) is 0 Å². The van der Waals surface area contributed by atoms with Crippen LogP contribution in [0.2, 0.25) is 0 Å².